The van der Waals surface area contributed by atoms with Crippen LogP contribution in [0.2, 0.25) is 0 Å². The van der Waals surface area contributed by atoms with Gasteiger partial charge < -0.3 is 10.3 Å². The normalized spacial score (nSPS) is 12.6. The van der Waals surface area contributed by atoms with Crippen molar-refractivity contribution >= 4 is 0 Å². The van der Waals surface area contributed by atoms with Crippen LogP contribution in [-0.4, -0.2) is 16.7 Å². The molecule has 1 aromatic carbocycles. The fourth-order valence-corrected chi connectivity index (χ4v) is 2.15. The average Bonchev–Trinajstić information content (AvgIpc) is 2.87. The molecular formula is C16H23N3O. The van der Waals surface area contributed by atoms with Crippen LogP contribution in [0, 0.1) is 12.8 Å². The van der Waals surface area contributed by atoms with Crippen LogP contribution in [0.15, 0.2) is 28.8 Å². The molecule has 20 heavy (non-hydrogen) atoms. The van der Waals surface area contributed by atoms with Gasteiger partial charge in [-0.05, 0) is 37.8 Å². The summed E-state index contributed by atoms with van der Waals surface area (Å²) in [5.41, 5.74) is 8.02. The van der Waals surface area contributed by atoms with E-state index >= 15 is 0 Å². The Labute approximate surface area is 120 Å². The number of nitrogens with two attached hydrogens (primary N) is 1. The van der Waals surface area contributed by atoms with Gasteiger partial charge in [-0.3, -0.25) is 0 Å². The van der Waals surface area contributed by atoms with Gasteiger partial charge >= 0.3 is 0 Å². The van der Waals surface area contributed by atoms with Crippen LogP contribution in [0.1, 0.15) is 42.6 Å². The summed E-state index contributed by atoms with van der Waals surface area (Å²) in [7, 11) is 0. The number of aromatic nitrogens is 2. The highest BCUT2D eigenvalue weighted by atomic mass is 16.5. The second kappa shape index (κ2) is 7.20. The molecule has 0 aliphatic carbocycles. The van der Waals surface area contributed by atoms with Gasteiger partial charge in [0.15, 0.2) is 5.82 Å². The summed E-state index contributed by atoms with van der Waals surface area (Å²) in [6.07, 6.45) is 3.65. The van der Waals surface area contributed by atoms with Crippen molar-refractivity contribution in [3.05, 3.63) is 47.1 Å². The van der Waals surface area contributed by atoms with Crippen molar-refractivity contribution in [3.63, 3.8) is 0 Å². The molecule has 4 heteroatoms. The topological polar surface area (TPSA) is 64.9 Å². The molecule has 0 bridgehead atoms. The largest absolute Gasteiger partial charge is 0.339 e. The second-order valence-corrected chi connectivity index (χ2v) is 5.49. The number of nitrogens with zero attached hydrogens (tertiary/aromatic N) is 2. The highest BCUT2D eigenvalue weighted by Crippen LogP contribution is 2.12. The van der Waals surface area contributed by atoms with E-state index in [1.807, 2.05) is 0 Å². The summed E-state index contributed by atoms with van der Waals surface area (Å²) in [4.78, 5) is 4.45. The first-order valence-electron chi connectivity index (χ1n) is 7.24. The van der Waals surface area contributed by atoms with Crippen molar-refractivity contribution in [3.8, 4) is 0 Å². The van der Waals surface area contributed by atoms with E-state index in [1.54, 1.807) is 0 Å². The van der Waals surface area contributed by atoms with Gasteiger partial charge in [-0.2, -0.15) is 4.98 Å². The lowest BCUT2D eigenvalue weighted by atomic mass is 10.0. The quantitative estimate of drug-likeness (QED) is 0.842. The first-order chi connectivity index (χ1) is 9.67. The van der Waals surface area contributed by atoms with Gasteiger partial charge in [-0.15, -0.1) is 0 Å². The van der Waals surface area contributed by atoms with Gasteiger partial charge in [0.05, 0.1) is 0 Å². The smallest absolute Gasteiger partial charge is 0.226 e. The highest BCUT2D eigenvalue weighted by Gasteiger charge is 2.09. The van der Waals surface area contributed by atoms with Crippen molar-refractivity contribution in [1.29, 1.82) is 0 Å². The van der Waals surface area contributed by atoms with Crippen molar-refractivity contribution < 1.29 is 4.52 Å². The van der Waals surface area contributed by atoms with Crippen molar-refractivity contribution in [2.75, 3.05) is 6.54 Å². The first kappa shape index (κ1) is 14.7. The van der Waals surface area contributed by atoms with Crippen LogP contribution in [-0.2, 0) is 12.8 Å². The zero-order valence-electron chi connectivity index (χ0n) is 12.3. The Balaban J connectivity index is 1.87. The van der Waals surface area contributed by atoms with E-state index in [-0.39, 0.29) is 0 Å². The summed E-state index contributed by atoms with van der Waals surface area (Å²) in [6.45, 7) is 5.03. The van der Waals surface area contributed by atoms with Crippen LogP contribution in [0.25, 0.3) is 0 Å². The molecule has 2 N–H and O–H groups in total. The van der Waals surface area contributed by atoms with E-state index in [2.05, 4.69) is 48.3 Å². The fraction of sp³-hybridized carbons (Fsp3) is 0.500. The summed E-state index contributed by atoms with van der Waals surface area (Å²) >= 11 is 0. The van der Waals surface area contributed by atoms with Crippen LogP contribution in [0.4, 0.5) is 0 Å². The summed E-state index contributed by atoms with van der Waals surface area (Å²) in [6, 6.07) is 8.42. The van der Waals surface area contributed by atoms with Crippen LogP contribution < -0.4 is 5.73 Å². The highest BCUT2D eigenvalue weighted by molar-refractivity contribution is 5.23. The number of rotatable bonds is 7. The third-order valence-electron chi connectivity index (χ3n) is 3.50. The number of benzene rings is 1. The van der Waals surface area contributed by atoms with Crippen LogP contribution in [0.3, 0.4) is 0 Å². The molecule has 1 atom stereocenters. The molecule has 0 saturated heterocycles. The minimum Gasteiger partial charge on any atom is -0.339 e. The lowest BCUT2D eigenvalue weighted by Crippen LogP contribution is -2.06. The Morgan fingerprint density at radius 3 is 2.65 bits per heavy atom. The molecule has 4 nitrogen and oxygen atoms in total. The molecule has 2 rings (SSSR count). The van der Waals surface area contributed by atoms with Gasteiger partial charge in [0, 0.05) is 12.8 Å². The molecule has 108 valence electrons. The molecule has 0 amide bonds. The lowest BCUT2D eigenvalue weighted by molar-refractivity contribution is 0.359. The summed E-state index contributed by atoms with van der Waals surface area (Å²) in [5.74, 6) is 2.10. The Morgan fingerprint density at radius 1 is 1.20 bits per heavy atom. The van der Waals surface area contributed by atoms with Crippen LogP contribution in [0.5, 0.6) is 0 Å². The maximum atomic E-state index is 5.55. The number of hydrogen-bond acceptors (Lipinski definition) is 4. The monoisotopic (exact) mass is 273 g/mol. The van der Waals surface area contributed by atoms with Crippen LogP contribution >= 0.6 is 0 Å². The van der Waals surface area contributed by atoms with Gasteiger partial charge in [0.25, 0.3) is 0 Å². The third-order valence-corrected chi connectivity index (χ3v) is 3.50. The zero-order valence-corrected chi connectivity index (χ0v) is 12.3. The zero-order chi connectivity index (χ0) is 14.4. The van der Waals surface area contributed by atoms with Gasteiger partial charge in [-0.1, -0.05) is 41.9 Å². The Morgan fingerprint density at radius 2 is 1.95 bits per heavy atom. The van der Waals surface area contributed by atoms with E-state index in [9.17, 15) is 0 Å². The fourth-order valence-electron chi connectivity index (χ4n) is 2.15. The maximum absolute atomic E-state index is 5.55. The average molecular weight is 273 g/mol. The number of hydrogen-bond donors (Lipinski definition) is 1. The molecule has 0 spiro atoms. The summed E-state index contributed by atoms with van der Waals surface area (Å²) < 4.78 is 5.30. The summed E-state index contributed by atoms with van der Waals surface area (Å²) in [5, 5.41) is 4.05. The predicted molar refractivity (Wildman–Crippen MR) is 79.4 cm³/mol. The molecule has 0 aliphatic rings. The molecule has 1 unspecified atom stereocenters. The SMILES string of the molecule is Cc1ccc(Cc2noc(CCC(C)CCN)n2)cc1. The lowest BCUT2D eigenvalue weighted by Gasteiger charge is -2.06. The molecule has 0 fully saturated rings. The van der Waals surface area contributed by atoms with E-state index in [4.69, 9.17) is 10.3 Å². The molecule has 1 aromatic heterocycles. The third kappa shape index (κ3) is 4.46. The Bertz CT molecular complexity index is 519. The Kier molecular flexibility index (Phi) is 5.30. The first-order valence-corrected chi connectivity index (χ1v) is 7.24. The molecular weight excluding hydrogens is 250 g/mol. The van der Waals surface area contributed by atoms with E-state index in [1.165, 1.54) is 11.1 Å². The van der Waals surface area contributed by atoms with Crippen molar-refractivity contribution in [2.24, 2.45) is 11.7 Å². The maximum Gasteiger partial charge on any atom is 0.226 e. The van der Waals surface area contributed by atoms with Gasteiger partial charge in [0.2, 0.25) is 5.89 Å². The second-order valence-electron chi connectivity index (χ2n) is 5.49. The van der Waals surface area contributed by atoms with E-state index < -0.39 is 0 Å². The van der Waals surface area contributed by atoms with E-state index in [0.29, 0.717) is 5.92 Å². The predicted octanol–water partition coefficient (Wildman–Crippen LogP) is 2.89. The van der Waals surface area contributed by atoms with Gasteiger partial charge in [0.1, 0.15) is 0 Å². The van der Waals surface area contributed by atoms with E-state index in [0.717, 1.165) is 43.9 Å². The minimum absolute atomic E-state index is 0.604. The Hall–Kier alpha value is -1.68. The minimum atomic E-state index is 0.604. The molecule has 1 heterocycles. The molecule has 0 radical (unpaired) electrons. The number of aryl methyl sites for hydroxylation is 2. The molecule has 2 aromatic rings. The van der Waals surface area contributed by atoms with Gasteiger partial charge in [-0.25, -0.2) is 0 Å². The van der Waals surface area contributed by atoms with Crippen molar-refractivity contribution in [1.82, 2.24) is 10.1 Å². The standard InChI is InChI=1S/C16H23N3O/c1-12-3-6-14(7-4-12)11-15-18-16(20-19-15)8-5-13(2)9-10-17/h3-4,6-7,13H,5,8-11,17H2,1-2H3. The molecule has 0 saturated carbocycles. The molecule has 0 aliphatic heterocycles. The van der Waals surface area contributed by atoms with Crippen molar-refractivity contribution in [2.45, 2.75) is 39.5 Å².